The normalized spacial score (nSPS) is 30.1. The number of hydrogen-bond acceptors (Lipinski definition) is 5. The van der Waals surface area contributed by atoms with Gasteiger partial charge in [0.2, 0.25) is 0 Å². The van der Waals surface area contributed by atoms with Crippen molar-refractivity contribution in [3.8, 4) is 11.3 Å². The zero-order valence-corrected chi connectivity index (χ0v) is 17.3. The van der Waals surface area contributed by atoms with E-state index in [4.69, 9.17) is 4.42 Å². The molecule has 2 aromatic rings. The molecule has 2 aliphatic rings. The maximum Gasteiger partial charge on any atom is 0.134 e. The Labute approximate surface area is 172 Å². The number of ketones is 1. The van der Waals surface area contributed by atoms with Crippen LogP contribution < -0.4 is 0 Å². The number of carbonyl (C=O) groups is 1. The minimum atomic E-state index is -0.753. The molecule has 1 saturated heterocycles. The fraction of sp³-hybridized carbons (Fsp3) is 0.542. The lowest BCUT2D eigenvalue weighted by molar-refractivity contribution is -0.186. The van der Waals surface area contributed by atoms with Gasteiger partial charge in [-0.3, -0.25) is 4.79 Å². The third-order valence-electron chi connectivity index (χ3n) is 6.59. The van der Waals surface area contributed by atoms with Crippen LogP contribution in [0.2, 0.25) is 0 Å². The minimum absolute atomic E-state index is 0.153. The lowest BCUT2D eigenvalue weighted by atomic mass is 9.55. The largest absolute Gasteiger partial charge is 0.464 e. The van der Waals surface area contributed by atoms with Gasteiger partial charge in [0, 0.05) is 48.9 Å². The van der Waals surface area contributed by atoms with E-state index in [0.29, 0.717) is 31.8 Å². The van der Waals surface area contributed by atoms with E-state index in [9.17, 15) is 15.0 Å². The van der Waals surface area contributed by atoms with Crippen molar-refractivity contribution < 1.29 is 19.4 Å². The molecule has 1 aromatic heterocycles. The lowest BCUT2D eigenvalue weighted by Crippen LogP contribution is -2.68. The average Bonchev–Trinajstić information content (AvgIpc) is 3.19. The molecule has 5 nitrogen and oxygen atoms in total. The molecule has 156 valence electrons. The molecule has 0 amide bonds. The van der Waals surface area contributed by atoms with E-state index in [2.05, 4.69) is 30.9 Å². The molecule has 2 N–H and O–H groups in total. The molecule has 29 heavy (non-hydrogen) atoms. The number of Topliss-reactive ketones (excluding diaryl/α,β-unsaturated/α-hetero) is 1. The smallest absolute Gasteiger partial charge is 0.134 e. The predicted molar refractivity (Wildman–Crippen MR) is 111 cm³/mol. The molecule has 1 saturated carbocycles. The highest BCUT2D eigenvalue weighted by molar-refractivity contribution is 5.81. The molecule has 2 heterocycles. The van der Waals surface area contributed by atoms with Gasteiger partial charge in [0.1, 0.15) is 11.5 Å². The second-order valence-corrected chi connectivity index (χ2v) is 9.59. The lowest BCUT2D eigenvalue weighted by Gasteiger charge is -2.58. The molecule has 2 fully saturated rings. The van der Waals surface area contributed by atoms with Crippen molar-refractivity contribution in [2.45, 2.75) is 39.2 Å². The minimum Gasteiger partial charge on any atom is -0.464 e. The Hall–Kier alpha value is -1.95. The Bertz CT molecular complexity index is 844. The number of aliphatic hydroxyl groups excluding tert-OH is 2. The second kappa shape index (κ2) is 7.71. The summed E-state index contributed by atoms with van der Waals surface area (Å²) in [6.07, 6.45) is 2.22. The molecule has 1 aliphatic carbocycles. The summed E-state index contributed by atoms with van der Waals surface area (Å²) < 4.78 is 5.46. The van der Waals surface area contributed by atoms with Crippen LogP contribution in [0.3, 0.4) is 0 Å². The molecule has 1 aromatic carbocycles. The van der Waals surface area contributed by atoms with E-state index in [-0.39, 0.29) is 18.8 Å². The Morgan fingerprint density at radius 2 is 1.83 bits per heavy atom. The number of benzene rings is 1. The summed E-state index contributed by atoms with van der Waals surface area (Å²) in [7, 11) is 0. The van der Waals surface area contributed by atoms with Gasteiger partial charge in [0.15, 0.2) is 0 Å². The molecule has 0 spiro atoms. The van der Waals surface area contributed by atoms with Crippen LogP contribution in [0.15, 0.2) is 47.1 Å². The maximum absolute atomic E-state index is 12.7. The Morgan fingerprint density at radius 3 is 2.45 bits per heavy atom. The number of furan rings is 1. The van der Waals surface area contributed by atoms with Gasteiger partial charge in [-0.2, -0.15) is 0 Å². The molecule has 0 radical (unpaired) electrons. The van der Waals surface area contributed by atoms with Gasteiger partial charge in [-0.15, -0.1) is 0 Å². The third kappa shape index (κ3) is 3.79. The summed E-state index contributed by atoms with van der Waals surface area (Å²) in [6, 6.07) is 12.0. The maximum atomic E-state index is 12.7. The quantitative estimate of drug-likeness (QED) is 0.783. The number of rotatable bonds is 6. The van der Waals surface area contributed by atoms with Gasteiger partial charge in [0.25, 0.3) is 0 Å². The van der Waals surface area contributed by atoms with Crippen LogP contribution in [0.5, 0.6) is 0 Å². The first-order valence-electron chi connectivity index (χ1n) is 10.5. The van der Waals surface area contributed by atoms with Crippen molar-refractivity contribution in [3.63, 3.8) is 0 Å². The van der Waals surface area contributed by atoms with Crippen molar-refractivity contribution in [2.24, 2.45) is 16.7 Å². The molecule has 4 rings (SSSR count). The number of aliphatic hydroxyl groups is 2. The summed E-state index contributed by atoms with van der Waals surface area (Å²) in [6.45, 7) is 6.36. The number of likely N-dealkylation sites (tertiary alicyclic amines) is 1. The fourth-order valence-corrected chi connectivity index (χ4v) is 5.61. The molecule has 2 bridgehead atoms. The number of piperidine rings is 1. The zero-order valence-electron chi connectivity index (χ0n) is 17.3. The van der Waals surface area contributed by atoms with Gasteiger partial charge in [-0.05, 0) is 30.0 Å². The van der Waals surface area contributed by atoms with Gasteiger partial charge in [0.05, 0.1) is 19.0 Å². The first kappa shape index (κ1) is 20.3. The molecule has 3 atom stereocenters. The summed E-state index contributed by atoms with van der Waals surface area (Å²) in [5.74, 6) is 1.46. The van der Waals surface area contributed by atoms with Crippen molar-refractivity contribution in [1.82, 2.24) is 4.90 Å². The molecule has 2 unspecified atom stereocenters. The van der Waals surface area contributed by atoms with Gasteiger partial charge in [-0.25, -0.2) is 0 Å². The van der Waals surface area contributed by atoms with E-state index < -0.39 is 16.9 Å². The van der Waals surface area contributed by atoms with E-state index in [1.165, 1.54) is 0 Å². The topological polar surface area (TPSA) is 73.9 Å². The average molecular weight is 398 g/mol. The number of fused-ring (bicyclic) bond motifs is 2. The number of carbonyl (C=O) groups excluding carboxylic acids is 1. The molecular weight excluding hydrogens is 366 g/mol. The summed E-state index contributed by atoms with van der Waals surface area (Å²) in [5, 5.41) is 21.6. The molecule has 5 heteroatoms. The molecular formula is C24H31NO4. The van der Waals surface area contributed by atoms with Gasteiger partial charge < -0.3 is 19.5 Å². The molecule has 1 aliphatic heterocycles. The summed E-state index contributed by atoms with van der Waals surface area (Å²) >= 11 is 0. The Balaban J connectivity index is 1.64. The first-order valence-corrected chi connectivity index (χ1v) is 10.5. The third-order valence-corrected chi connectivity index (χ3v) is 6.59. The highest BCUT2D eigenvalue weighted by Crippen LogP contribution is 2.51. The van der Waals surface area contributed by atoms with Crippen LogP contribution in [-0.4, -0.2) is 53.2 Å². The summed E-state index contributed by atoms with van der Waals surface area (Å²) in [4.78, 5) is 15.0. The highest BCUT2D eigenvalue weighted by atomic mass is 16.3. The number of hydrogen-bond donors (Lipinski definition) is 2. The van der Waals surface area contributed by atoms with Crippen LogP contribution in [0.1, 0.15) is 32.3 Å². The monoisotopic (exact) mass is 397 g/mol. The second-order valence-electron chi connectivity index (χ2n) is 9.59. The van der Waals surface area contributed by atoms with Gasteiger partial charge >= 0.3 is 0 Å². The van der Waals surface area contributed by atoms with Crippen LogP contribution in [0.25, 0.3) is 11.3 Å². The number of nitrogens with zero attached hydrogens (tertiary/aromatic N) is 1. The Morgan fingerprint density at radius 1 is 1.14 bits per heavy atom. The summed E-state index contributed by atoms with van der Waals surface area (Å²) in [5.41, 5.74) is 0.784. The van der Waals surface area contributed by atoms with Crippen LogP contribution in [0, 0.1) is 16.7 Å². The van der Waals surface area contributed by atoms with E-state index >= 15 is 0 Å². The first-order chi connectivity index (χ1) is 13.9. The van der Waals surface area contributed by atoms with Crippen molar-refractivity contribution in [1.29, 1.82) is 0 Å². The fourth-order valence-electron chi connectivity index (χ4n) is 5.61. The van der Waals surface area contributed by atoms with E-state index in [1.54, 1.807) is 6.26 Å². The highest BCUT2D eigenvalue weighted by Gasteiger charge is 2.59. The zero-order chi connectivity index (χ0) is 20.6. The van der Waals surface area contributed by atoms with Crippen LogP contribution in [0.4, 0.5) is 0 Å². The van der Waals surface area contributed by atoms with Crippen molar-refractivity contribution in [2.75, 3.05) is 26.2 Å². The van der Waals surface area contributed by atoms with Crippen molar-refractivity contribution >= 4 is 5.78 Å². The Kier molecular flexibility index (Phi) is 5.40. The van der Waals surface area contributed by atoms with Crippen LogP contribution >= 0.6 is 0 Å². The van der Waals surface area contributed by atoms with Gasteiger partial charge in [-0.1, -0.05) is 38.1 Å². The predicted octanol–water partition coefficient (Wildman–Crippen LogP) is 3.15. The van der Waals surface area contributed by atoms with Crippen LogP contribution in [-0.2, 0) is 11.2 Å². The van der Waals surface area contributed by atoms with E-state index in [0.717, 1.165) is 23.4 Å². The SMILES string of the molecule is CC(C)CN1CC2(CO)CC(=O)CC(Cc3ccc(-c4ccco4)cc3)(C1)[C@@H]2O. The van der Waals surface area contributed by atoms with E-state index in [1.807, 2.05) is 24.3 Å². The standard InChI is InChI=1S/C24H31NO4/c1-17(2)13-25-14-23(11-20(27)12-24(15-25,16-26)22(23)28)10-18-5-7-19(8-6-18)21-4-3-9-29-21/h3-9,17,22,26,28H,10-16H2,1-2H3/t22-,23?,24?/m0/s1. The van der Waals surface area contributed by atoms with Crippen molar-refractivity contribution in [3.05, 3.63) is 48.2 Å².